The van der Waals surface area contributed by atoms with Gasteiger partial charge in [0.25, 0.3) is 0 Å². The molecule has 1 aliphatic heterocycles. The lowest BCUT2D eigenvalue weighted by Gasteiger charge is -2.25. The molecule has 1 aromatic rings. The van der Waals surface area contributed by atoms with Crippen molar-refractivity contribution in [2.24, 2.45) is 0 Å². The Balaban J connectivity index is 1.95. The maximum atomic E-state index is 13.2. The third-order valence-corrected chi connectivity index (χ3v) is 3.69. The minimum absolute atomic E-state index is 0.0890. The average molecular weight is 278 g/mol. The summed E-state index contributed by atoms with van der Waals surface area (Å²) in [5, 5.41) is 3.42. The summed E-state index contributed by atoms with van der Waals surface area (Å²) in [6.45, 7) is 4.65. The van der Waals surface area contributed by atoms with Crippen molar-refractivity contribution >= 4 is 5.91 Å². The Morgan fingerprint density at radius 2 is 2.35 bits per heavy atom. The summed E-state index contributed by atoms with van der Waals surface area (Å²) < 4.78 is 13.2. The van der Waals surface area contributed by atoms with E-state index < -0.39 is 0 Å². The van der Waals surface area contributed by atoms with Crippen molar-refractivity contribution in [2.45, 2.75) is 38.6 Å². The molecule has 4 heteroatoms. The van der Waals surface area contributed by atoms with Crippen LogP contribution in [0.25, 0.3) is 0 Å². The number of carbonyl (C=O) groups excluding carboxylic acids is 1. The Morgan fingerprint density at radius 3 is 3.00 bits per heavy atom. The largest absolute Gasteiger partial charge is 0.341 e. The van der Waals surface area contributed by atoms with E-state index in [0.29, 0.717) is 6.04 Å². The molecular weight excluding hydrogens is 255 g/mol. The molecular formula is C16H23FN2O. The van der Waals surface area contributed by atoms with Gasteiger partial charge in [0.05, 0.1) is 6.42 Å². The van der Waals surface area contributed by atoms with Crippen molar-refractivity contribution in [3.05, 3.63) is 35.6 Å². The van der Waals surface area contributed by atoms with Gasteiger partial charge in [-0.25, -0.2) is 4.39 Å². The second-order valence-electron chi connectivity index (χ2n) is 5.44. The Bertz CT molecular complexity index is 444. The molecule has 1 N–H and O–H groups in total. The predicted molar refractivity (Wildman–Crippen MR) is 78.0 cm³/mol. The van der Waals surface area contributed by atoms with Crippen LogP contribution in [0.3, 0.4) is 0 Å². The number of nitrogens with one attached hydrogen (secondary N) is 1. The van der Waals surface area contributed by atoms with Crippen LogP contribution in [-0.4, -0.2) is 36.5 Å². The van der Waals surface area contributed by atoms with E-state index >= 15 is 0 Å². The molecule has 3 nitrogen and oxygen atoms in total. The highest BCUT2D eigenvalue weighted by atomic mass is 19.1. The van der Waals surface area contributed by atoms with Crippen LogP contribution in [0.15, 0.2) is 24.3 Å². The van der Waals surface area contributed by atoms with Gasteiger partial charge in [0, 0.05) is 19.1 Å². The van der Waals surface area contributed by atoms with Crippen LogP contribution in [0, 0.1) is 5.82 Å². The topological polar surface area (TPSA) is 32.3 Å². The van der Waals surface area contributed by atoms with Gasteiger partial charge in [-0.05, 0) is 43.5 Å². The number of hydrogen-bond donors (Lipinski definition) is 1. The molecule has 1 unspecified atom stereocenters. The lowest BCUT2D eigenvalue weighted by molar-refractivity contribution is -0.130. The van der Waals surface area contributed by atoms with Crippen LogP contribution in [0.5, 0.6) is 0 Å². The molecule has 1 aliphatic rings. The van der Waals surface area contributed by atoms with Crippen molar-refractivity contribution in [3.8, 4) is 0 Å². The highest BCUT2D eigenvalue weighted by Gasteiger charge is 2.21. The predicted octanol–water partition coefficient (Wildman–Crippen LogP) is 2.36. The van der Waals surface area contributed by atoms with E-state index in [1.54, 1.807) is 12.1 Å². The molecule has 0 radical (unpaired) electrons. The van der Waals surface area contributed by atoms with Gasteiger partial charge in [-0.2, -0.15) is 0 Å². The summed E-state index contributed by atoms with van der Waals surface area (Å²) in [5.41, 5.74) is 0.746. The summed E-state index contributed by atoms with van der Waals surface area (Å²) in [6.07, 6.45) is 3.54. The van der Waals surface area contributed by atoms with Crippen molar-refractivity contribution in [3.63, 3.8) is 0 Å². The Kier molecular flexibility index (Phi) is 5.53. The van der Waals surface area contributed by atoms with Crippen LogP contribution >= 0.6 is 0 Å². The van der Waals surface area contributed by atoms with E-state index in [4.69, 9.17) is 0 Å². The maximum absolute atomic E-state index is 13.2. The molecule has 1 amide bonds. The van der Waals surface area contributed by atoms with Crippen molar-refractivity contribution in [1.82, 2.24) is 10.2 Å². The lowest BCUT2D eigenvalue weighted by atomic mass is 10.1. The maximum Gasteiger partial charge on any atom is 0.227 e. The Labute approximate surface area is 120 Å². The van der Waals surface area contributed by atoms with Crippen molar-refractivity contribution < 1.29 is 9.18 Å². The lowest BCUT2D eigenvalue weighted by Crippen LogP contribution is -2.42. The minimum atomic E-state index is -0.283. The molecule has 1 atom stereocenters. The number of rotatable bonds is 6. The molecule has 0 aromatic heterocycles. The van der Waals surface area contributed by atoms with Gasteiger partial charge in [0.15, 0.2) is 0 Å². The number of hydrogen-bond acceptors (Lipinski definition) is 2. The molecule has 1 heterocycles. The first-order valence-corrected chi connectivity index (χ1v) is 7.44. The van der Waals surface area contributed by atoms with E-state index in [0.717, 1.165) is 38.0 Å². The monoisotopic (exact) mass is 278 g/mol. The Hall–Kier alpha value is -1.42. The van der Waals surface area contributed by atoms with Crippen LogP contribution < -0.4 is 5.32 Å². The molecule has 110 valence electrons. The standard InChI is InChI=1S/C16H23FN2O/c1-2-9-19(12-15-7-4-8-18-15)16(20)11-13-5-3-6-14(17)10-13/h3,5-6,10,15,18H,2,4,7-9,11-12H2,1H3. The molecule has 0 saturated carbocycles. The first-order chi connectivity index (χ1) is 9.69. The summed E-state index contributed by atoms with van der Waals surface area (Å²) in [6, 6.07) is 6.72. The summed E-state index contributed by atoms with van der Waals surface area (Å²) >= 11 is 0. The molecule has 0 spiro atoms. The summed E-state index contributed by atoms with van der Waals surface area (Å²) in [5.74, 6) is -0.194. The first-order valence-electron chi connectivity index (χ1n) is 7.44. The summed E-state index contributed by atoms with van der Waals surface area (Å²) in [4.78, 5) is 14.3. The number of carbonyl (C=O) groups is 1. The number of amides is 1. The summed E-state index contributed by atoms with van der Waals surface area (Å²) in [7, 11) is 0. The van der Waals surface area contributed by atoms with Gasteiger partial charge < -0.3 is 10.2 Å². The first kappa shape index (κ1) is 15.0. The van der Waals surface area contributed by atoms with E-state index in [1.165, 1.54) is 18.6 Å². The van der Waals surface area contributed by atoms with Crippen molar-refractivity contribution in [2.75, 3.05) is 19.6 Å². The van der Waals surface area contributed by atoms with Crippen LogP contribution in [0.4, 0.5) is 4.39 Å². The fourth-order valence-corrected chi connectivity index (χ4v) is 2.70. The van der Waals surface area contributed by atoms with Crippen LogP contribution in [-0.2, 0) is 11.2 Å². The number of halogens is 1. The fraction of sp³-hybridized carbons (Fsp3) is 0.562. The molecule has 0 aliphatic carbocycles. The van der Waals surface area contributed by atoms with Gasteiger partial charge in [-0.1, -0.05) is 19.1 Å². The van der Waals surface area contributed by atoms with Crippen LogP contribution in [0.1, 0.15) is 31.7 Å². The van der Waals surface area contributed by atoms with Crippen molar-refractivity contribution in [1.29, 1.82) is 0 Å². The van der Waals surface area contributed by atoms with Gasteiger partial charge in [0.1, 0.15) is 5.82 Å². The smallest absolute Gasteiger partial charge is 0.227 e. The van der Waals surface area contributed by atoms with Gasteiger partial charge in [0.2, 0.25) is 5.91 Å². The number of benzene rings is 1. The number of nitrogens with zero attached hydrogens (tertiary/aromatic N) is 1. The highest BCUT2D eigenvalue weighted by Crippen LogP contribution is 2.10. The molecule has 20 heavy (non-hydrogen) atoms. The zero-order chi connectivity index (χ0) is 14.4. The van der Waals surface area contributed by atoms with Gasteiger partial charge >= 0.3 is 0 Å². The highest BCUT2D eigenvalue weighted by molar-refractivity contribution is 5.78. The zero-order valence-corrected chi connectivity index (χ0v) is 12.1. The molecule has 2 rings (SSSR count). The fourth-order valence-electron chi connectivity index (χ4n) is 2.70. The Morgan fingerprint density at radius 1 is 1.50 bits per heavy atom. The quantitative estimate of drug-likeness (QED) is 0.866. The molecule has 1 aromatic carbocycles. The second-order valence-corrected chi connectivity index (χ2v) is 5.44. The minimum Gasteiger partial charge on any atom is -0.341 e. The SMILES string of the molecule is CCCN(CC1CCCN1)C(=O)Cc1cccc(F)c1. The second kappa shape index (κ2) is 7.39. The third kappa shape index (κ3) is 4.30. The van der Waals surface area contributed by atoms with E-state index in [-0.39, 0.29) is 18.1 Å². The van der Waals surface area contributed by atoms with Gasteiger partial charge in [-0.15, -0.1) is 0 Å². The average Bonchev–Trinajstić information content (AvgIpc) is 2.91. The molecule has 1 fully saturated rings. The van der Waals surface area contributed by atoms with E-state index in [9.17, 15) is 9.18 Å². The van der Waals surface area contributed by atoms with E-state index in [2.05, 4.69) is 12.2 Å². The zero-order valence-electron chi connectivity index (χ0n) is 12.1. The van der Waals surface area contributed by atoms with Crippen LogP contribution in [0.2, 0.25) is 0 Å². The normalized spacial score (nSPS) is 18.2. The van der Waals surface area contributed by atoms with E-state index in [1.807, 2.05) is 4.90 Å². The van der Waals surface area contributed by atoms with Gasteiger partial charge in [-0.3, -0.25) is 4.79 Å². The molecule has 0 bridgehead atoms. The molecule has 1 saturated heterocycles. The third-order valence-electron chi connectivity index (χ3n) is 3.69.